The van der Waals surface area contributed by atoms with Gasteiger partial charge in [-0.3, -0.25) is 9.59 Å². The number of carbonyl (C=O) groups excluding carboxylic acids is 2. The van der Waals surface area contributed by atoms with E-state index >= 15 is 0 Å². The van der Waals surface area contributed by atoms with Crippen LogP contribution in [0.5, 0.6) is 17.2 Å². The lowest BCUT2D eigenvalue weighted by atomic mass is 9.83. The minimum atomic E-state index is -0.517. The van der Waals surface area contributed by atoms with E-state index in [0.717, 1.165) is 0 Å². The highest BCUT2D eigenvalue weighted by Crippen LogP contribution is 2.38. The van der Waals surface area contributed by atoms with Gasteiger partial charge in [0.25, 0.3) is 0 Å². The van der Waals surface area contributed by atoms with Gasteiger partial charge in [0, 0.05) is 16.8 Å². The van der Waals surface area contributed by atoms with Crippen LogP contribution in [0, 0.1) is 0 Å². The van der Waals surface area contributed by atoms with Crippen LogP contribution in [0.15, 0.2) is 54.6 Å². The molecule has 0 saturated heterocycles. The van der Waals surface area contributed by atoms with E-state index in [1.54, 1.807) is 25.3 Å². The fourth-order valence-corrected chi connectivity index (χ4v) is 3.22. The molecule has 0 heterocycles. The zero-order valence-corrected chi connectivity index (χ0v) is 14.3. The maximum Gasteiger partial charge on any atom is 0.198 e. The number of hydrogen-bond acceptors (Lipinski definition) is 6. The fourth-order valence-electron chi connectivity index (χ4n) is 3.22. The number of ketones is 2. The molecule has 134 valence electrons. The number of benzene rings is 3. The molecule has 6 heteroatoms. The molecule has 1 aliphatic carbocycles. The summed E-state index contributed by atoms with van der Waals surface area (Å²) in [6, 6.07) is 14.4. The lowest BCUT2D eigenvalue weighted by Gasteiger charge is -2.20. The van der Waals surface area contributed by atoms with Gasteiger partial charge in [-0.1, -0.05) is 12.1 Å². The van der Waals surface area contributed by atoms with Crippen LogP contribution >= 0.6 is 0 Å². The molecule has 27 heavy (non-hydrogen) atoms. The molecule has 0 amide bonds. The van der Waals surface area contributed by atoms with E-state index < -0.39 is 11.6 Å². The topological polar surface area (TPSA) is 95.9 Å². The lowest BCUT2D eigenvalue weighted by molar-refractivity contribution is 0.0974. The predicted molar refractivity (Wildman–Crippen MR) is 99.4 cm³/mol. The Balaban J connectivity index is 1.80. The van der Waals surface area contributed by atoms with Crippen molar-refractivity contribution >= 4 is 22.9 Å². The van der Waals surface area contributed by atoms with Crippen LogP contribution < -0.4 is 10.1 Å². The number of carbonyl (C=O) groups is 2. The molecule has 3 aromatic carbocycles. The third-order valence-corrected chi connectivity index (χ3v) is 4.51. The van der Waals surface area contributed by atoms with Crippen molar-refractivity contribution in [1.82, 2.24) is 0 Å². The molecule has 0 spiro atoms. The molecule has 3 N–H and O–H groups in total. The van der Waals surface area contributed by atoms with Crippen molar-refractivity contribution in [2.45, 2.75) is 0 Å². The van der Waals surface area contributed by atoms with Gasteiger partial charge >= 0.3 is 0 Å². The molecule has 0 aromatic heterocycles. The zero-order chi connectivity index (χ0) is 19.1. The van der Waals surface area contributed by atoms with Crippen LogP contribution in [-0.4, -0.2) is 28.9 Å². The number of nitrogens with one attached hydrogen (secondary N) is 1. The first-order valence-corrected chi connectivity index (χ1v) is 8.19. The molecule has 0 saturated carbocycles. The number of ether oxygens (including phenoxy) is 1. The summed E-state index contributed by atoms with van der Waals surface area (Å²) in [5.74, 6) is -1.06. The van der Waals surface area contributed by atoms with Crippen LogP contribution in [-0.2, 0) is 0 Å². The van der Waals surface area contributed by atoms with Gasteiger partial charge in [0.15, 0.2) is 11.6 Å². The van der Waals surface area contributed by atoms with Gasteiger partial charge < -0.3 is 20.3 Å². The predicted octanol–water partition coefficient (Wildman–Crippen LogP) is 3.63. The third-order valence-electron chi connectivity index (χ3n) is 4.51. The van der Waals surface area contributed by atoms with Crippen molar-refractivity contribution < 1.29 is 24.5 Å². The van der Waals surface area contributed by atoms with Gasteiger partial charge in [-0.15, -0.1) is 0 Å². The summed E-state index contributed by atoms with van der Waals surface area (Å²) in [6.45, 7) is 0. The average molecular weight is 361 g/mol. The monoisotopic (exact) mass is 361 g/mol. The van der Waals surface area contributed by atoms with E-state index in [1.165, 1.54) is 18.2 Å². The van der Waals surface area contributed by atoms with Crippen molar-refractivity contribution in [1.29, 1.82) is 0 Å². The van der Waals surface area contributed by atoms with Crippen molar-refractivity contribution in [3.8, 4) is 17.2 Å². The van der Waals surface area contributed by atoms with E-state index in [-0.39, 0.29) is 33.8 Å². The zero-order valence-electron chi connectivity index (χ0n) is 14.3. The van der Waals surface area contributed by atoms with Crippen LogP contribution in [0.2, 0.25) is 0 Å². The maximum absolute atomic E-state index is 12.9. The fraction of sp³-hybridized carbons (Fsp3) is 0.0476. The Labute approximate surface area is 154 Å². The van der Waals surface area contributed by atoms with Gasteiger partial charge in [0.1, 0.15) is 17.2 Å². The number of hydrogen-bond donors (Lipinski definition) is 3. The second kappa shape index (κ2) is 6.17. The maximum atomic E-state index is 12.9. The molecule has 0 unspecified atom stereocenters. The molecule has 1 aliphatic rings. The van der Waals surface area contributed by atoms with Crippen LogP contribution in [0.1, 0.15) is 31.8 Å². The molecule has 0 atom stereocenters. The molecule has 0 bridgehead atoms. The number of rotatable bonds is 3. The standard InChI is InChI=1S/C21H15NO5/c1-27-17-5-3-2-4-14(17)22-11-6-7-12-13(10-11)21(26)19-16(24)9-8-15(23)18(19)20(12)25/h2-10,22-24H,1H3. The first-order valence-electron chi connectivity index (χ1n) is 8.19. The number of fused-ring (bicyclic) bond motifs is 2. The number of phenols is 2. The Bertz CT molecular complexity index is 1100. The van der Waals surface area contributed by atoms with E-state index in [2.05, 4.69) is 5.32 Å². The van der Waals surface area contributed by atoms with Gasteiger partial charge in [-0.25, -0.2) is 0 Å². The SMILES string of the molecule is COc1ccccc1Nc1ccc2c(c1)C(=O)c1c(O)ccc(O)c1C2=O. The van der Waals surface area contributed by atoms with E-state index in [1.807, 2.05) is 18.2 Å². The first-order chi connectivity index (χ1) is 13.0. The van der Waals surface area contributed by atoms with Gasteiger partial charge in [0.2, 0.25) is 0 Å². The highest BCUT2D eigenvalue weighted by Gasteiger charge is 2.34. The molecule has 0 radical (unpaired) electrons. The molecule has 0 fully saturated rings. The Hall–Kier alpha value is -3.80. The summed E-state index contributed by atoms with van der Waals surface area (Å²) in [5.41, 5.74) is 1.28. The summed E-state index contributed by atoms with van der Waals surface area (Å²) >= 11 is 0. The molecular formula is C21H15NO5. The van der Waals surface area contributed by atoms with E-state index in [0.29, 0.717) is 17.1 Å². The second-order valence-electron chi connectivity index (χ2n) is 6.10. The largest absolute Gasteiger partial charge is 0.507 e. The number of phenolic OH excluding ortho intramolecular Hbond substituents is 2. The number of methoxy groups -OCH3 is 1. The number of aromatic hydroxyl groups is 2. The quantitative estimate of drug-likeness (QED) is 0.482. The van der Waals surface area contributed by atoms with Gasteiger partial charge in [-0.2, -0.15) is 0 Å². The minimum Gasteiger partial charge on any atom is -0.507 e. The Kier molecular flexibility index (Phi) is 3.81. The molecule has 6 nitrogen and oxygen atoms in total. The van der Waals surface area contributed by atoms with Crippen molar-refractivity contribution in [2.75, 3.05) is 12.4 Å². The summed E-state index contributed by atoms with van der Waals surface area (Å²) in [7, 11) is 1.56. The van der Waals surface area contributed by atoms with Crippen molar-refractivity contribution in [3.05, 3.63) is 76.9 Å². The molecule has 3 aromatic rings. The molecular weight excluding hydrogens is 346 g/mol. The van der Waals surface area contributed by atoms with Crippen molar-refractivity contribution in [2.24, 2.45) is 0 Å². The average Bonchev–Trinajstić information content (AvgIpc) is 2.68. The lowest BCUT2D eigenvalue weighted by Crippen LogP contribution is -2.21. The second-order valence-corrected chi connectivity index (χ2v) is 6.10. The van der Waals surface area contributed by atoms with Gasteiger partial charge in [0.05, 0.1) is 23.9 Å². The Morgan fingerprint density at radius 3 is 2.11 bits per heavy atom. The Morgan fingerprint density at radius 1 is 0.815 bits per heavy atom. The highest BCUT2D eigenvalue weighted by molar-refractivity contribution is 6.30. The van der Waals surface area contributed by atoms with Crippen LogP contribution in [0.25, 0.3) is 0 Å². The summed E-state index contributed by atoms with van der Waals surface area (Å²) in [4.78, 5) is 25.6. The normalized spacial score (nSPS) is 12.3. The first kappa shape index (κ1) is 16.7. The summed E-state index contributed by atoms with van der Waals surface area (Å²) in [6.07, 6.45) is 0. The third kappa shape index (κ3) is 2.58. The molecule has 0 aliphatic heterocycles. The summed E-state index contributed by atoms with van der Waals surface area (Å²) < 4.78 is 5.30. The van der Waals surface area contributed by atoms with Crippen LogP contribution in [0.4, 0.5) is 11.4 Å². The molecule has 4 rings (SSSR count). The minimum absolute atomic E-state index is 0.160. The Morgan fingerprint density at radius 2 is 1.44 bits per heavy atom. The van der Waals surface area contributed by atoms with Gasteiger partial charge in [-0.05, 0) is 42.5 Å². The summed E-state index contributed by atoms with van der Waals surface area (Å²) in [5, 5.41) is 23.2. The van der Waals surface area contributed by atoms with Crippen LogP contribution in [0.3, 0.4) is 0 Å². The van der Waals surface area contributed by atoms with Crippen molar-refractivity contribution in [3.63, 3.8) is 0 Å². The number of para-hydroxylation sites is 2. The number of anilines is 2. The van der Waals surface area contributed by atoms with E-state index in [9.17, 15) is 19.8 Å². The van der Waals surface area contributed by atoms with E-state index in [4.69, 9.17) is 4.74 Å². The highest BCUT2D eigenvalue weighted by atomic mass is 16.5. The smallest absolute Gasteiger partial charge is 0.198 e.